The van der Waals surface area contributed by atoms with Gasteiger partial charge in [0.05, 0.1) is 12.4 Å². The van der Waals surface area contributed by atoms with Crippen LogP contribution in [0.2, 0.25) is 0 Å². The Kier molecular flexibility index (Phi) is 3.39. The van der Waals surface area contributed by atoms with Crippen molar-refractivity contribution in [3.63, 3.8) is 0 Å². The second kappa shape index (κ2) is 4.94. The van der Waals surface area contributed by atoms with E-state index in [4.69, 9.17) is 0 Å². The van der Waals surface area contributed by atoms with Gasteiger partial charge in [0.25, 0.3) is 10.0 Å². The highest BCUT2D eigenvalue weighted by atomic mass is 32.2. The number of rotatable bonds is 3. The second-order valence-corrected chi connectivity index (χ2v) is 7.71. The van der Waals surface area contributed by atoms with Crippen LogP contribution in [-0.2, 0) is 17.1 Å². The molecule has 1 aliphatic heterocycles. The number of sulfonamides is 1. The van der Waals surface area contributed by atoms with Crippen molar-refractivity contribution in [3.8, 4) is 0 Å². The first-order chi connectivity index (χ1) is 9.48. The van der Waals surface area contributed by atoms with E-state index < -0.39 is 10.0 Å². The molecule has 3 heterocycles. The van der Waals surface area contributed by atoms with Crippen LogP contribution >= 0.6 is 11.3 Å². The van der Waals surface area contributed by atoms with E-state index in [-0.39, 0.29) is 11.1 Å². The average molecular weight is 312 g/mol. The molecule has 0 spiro atoms. The van der Waals surface area contributed by atoms with Crippen LogP contribution < -0.4 is 0 Å². The fraction of sp³-hybridized carbons (Fsp3) is 0.500. The molecule has 0 N–H and O–H groups in total. The minimum Gasteiger partial charge on any atom is -0.339 e. The van der Waals surface area contributed by atoms with Crippen molar-refractivity contribution in [2.45, 2.75) is 30.8 Å². The van der Waals surface area contributed by atoms with Crippen LogP contribution in [-0.4, -0.2) is 33.8 Å². The van der Waals surface area contributed by atoms with E-state index in [2.05, 4.69) is 9.97 Å². The van der Waals surface area contributed by atoms with Crippen molar-refractivity contribution < 1.29 is 8.42 Å². The Labute approximate surface area is 122 Å². The summed E-state index contributed by atoms with van der Waals surface area (Å²) in [6, 6.07) is -0.152. The zero-order chi connectivity index (χ0) is 14.3. The molecule has 3 rings (SSSR count). The van der Waals surface area contributed by atoms with Gasteiger partial charge in [-0.3, -0.25) is 0 Å². The quantitative estimate of drug-likeness (QED) is 0.865. The first-order valence-corrected chi connectivity index (χ1v) is 8.72. The summed E-state index contributed by atoms with van der Waals surface area (Å²) in [6.07, 6.45) is 4.72. The lowest BCUT2D eigenvalue weighted by molar-refractivity contribution is 0.394. The first kappa shape index (κ1) is 13.7. The van der Waals surface area contributed by atoms with Crippen molar-refractivity contribution in [1.29, 1.82) is 0 Å². The normalized spacial score (nSPS) is 20.6. The molecule has 108 valence electrons. The third-order valence-corrected chi connectivity index (χ3v) is 6.24. The molecule has 8 heteroatoms. The molecule has 6 nitrogen and oxygen atoms in total. The number of aromatic nitrogens is 3. The minimum absolute atomic E-state index is 0.111. The number of hydrogen-bond acceptors (Lipinski definition) is 5. The molecule has 2 aromatic heterocycles. The monoisotopic (exact) mass is 312 g/mol. The molecule has 1 unspecified atom stereocenters. The highest BCUT2D eigenvalue weighted by Crippen LogP contribution is 2.37. The number of imidazole rings is 1. The van der Waals surface area contributed by atoms with Crippen molar-refractivity contribution in [2.24, 2.45) is 7.05 Å². The Morgan fingerprint density at radius 2 is 2.25 bits per heavy atom. The molecule has 2 aromatic rings. The van der Waals surface area contributed by atoms with E-state index in [0.29, 0.717) is 6.54 Å². The molecule has 0 saturated carbocycles. The first-order valence-electron chi connectivity index (χ1n) is 6.40. The van der Waals surface area contributed by atoms with Crippen molar-refractivity contribution >= 4 is 21.4 Å². The Bertz CT molecular complexity index is 719. The molecule has 1 aliphatic rings. The number of hydrogen-bond donors (Lipinski definition) is 0. The Hall–Kier alpha value is -1.25. The fourth-order valence-corrected chi connectivity index (χ4v) is 5.08. The standard InChI is InChI=1S/C12H16N4O2S2/c1-9-7-19-12(14-9)10-4-3-5-16(10)20(17,18)11-6-15(2)8-13-11/h6-8,10H,3-5H2,1-2H3. The summed E-state index contributed by atoms with van der Waals surface area (Å²) in [5, 5.41) is 2.94. The van der Waals surface area contributed by atoms with Crippen LogP contribution in [0.4, 0.5) is 0 Å². The topological polar surface area (TPSA) is 68.1 Å². The third-order valence-electron chi connectivity index (χ3n) is 3.38. The number of thiazole rings is 1. The van der Waals surface area contributed by atoms with Crippen molar-refractivity contribution in [2.75, 3.05) is 6.54 Å². The number of nitrogens with zero attached hydrogens (tertiary/aromatic N) is 4. The minimum atomic E-state index is -3.54. The van der Waals surface area contributed by atoms with Gasteiger partial charge in [-0.05, 0) is 19.8 Å². The predicted molar refractivity (Wildman–Crippen MR) is 75.9 cm³/mol. The second-order valence-electron chi connectivity index (χ2n) is 4.98. The van der Waals surface area contributed by atoms with Gasteiger partial charge in [-0.25, -0.2) is 18.4 Å². The summed E-state index contributed by atoms with van der Waals surface area (Å²) in [5.41, 5.74) is 0.937. The Morgan fingerprint density at radius 3 is 2.85 bits per heavy atom. The van der Waals surface area contributed by atoms with Crippen molar-refractivity contribution in [3.05, 3.63) is 28.6 Å². The van der Waals surface area contributed by atoms with Gasteiger partial charge >= 0.3 is 0 Å². The van der Waals surface area contributed by atoms with E-state index in [1.165, 1.54) is 28.2 Å². The van der Waals surface area contributed by atoms with Crippen LogP contribution in [0.5, 0.6) is 0 Å². The molecular formula is C12H16N4O2S2. The smallest absolute Gasteiger partial charge is 0.262 e. The summed E-state index contributed by atoms with van der Waals surface area (Å²) in [6.45, 7) is 2.45. The van der Waals surface area contributed by atoms with Gasteiger partial charge in [0, 0.05) is 30.9 Å². The van der Waals surface area contributed by atoms with Crippen LogP contribution in [0, 0.1) is 6.92 Å². The molecule has 0 amide bonds. The van der Waals surface area contributed by atoms with Crippen LogP contribution in [0.3, 0.4) is 0 Å². The molecule has 0 aromatic carbocycles. The van der Waals surface area contributed by atoms with E-state index in [0.717, 1.165) is 23.5 Å². The summed E-state index contributed by atoms with van der Waals surface area (Å²) in [7, 11) is -1.78. The Balaban J connectivity index is 1.96. The molecule has 1 atom stereocenters. The highest BCUT2D eigenvalue weighted by molar-refractivity contribution is 7.89. The van der Waals surface area contributed by atoms with Gasteiger partial charge in [-0.15, -0.1) is 11.3 Å². The van der Waals surface area contributed by atoms with Crippen LogP contribution in [0.15, 0.2) is 22.9 Å². The third kappa shape index (κ3) is 2.27. The summed E-state index contributed by atoms with van der Waals surface area (Å²) < 4.78 is 28.5. The lowest BCUT2D eigenvalue weighted by atomic mass is 10.2. The summed E-state index contributed by atoms with van der Waals surface area (Å²) in [4.78, 5) is 8.42. The molecule has 20 heavy (non-hydrogen) atoms. The molecule has 1 fully saturated rings. The maximum absolute atomic E-state index is 12.7. The van der Waals surface area contributed by atoms with Gasteiger partial charge in [0.2, 0.25) is 0 Å². The lowest BCUT2D eigenvalue weighted by Gasteiger charge is -2.21. The van der Waals surface area contributed by atoms with Gasteiger partial charge in [-0.2, -0.15) is 4.31 Å². The fourth-order valence-electron chi connectivity index (χ4n) is 2.44. The molecule has 0 radical (unpaired) electrons. The van der Waals surface area contributed by atoms with E-state index in [9.17, 15) is 8.42 Å². The van der Waals surface area contributed by atoms with E-state index >= 15 is 0 Å². The maximum atomic E-state index is 12.7. The molecule has 0 aliphatic carbocycles. The Morgan fingerprint density at radius 1 is 1.45 bits per heavy atom. The van der Waals surface area contributed by atoms with Gasteiger partial charge in [0.15, 0.2) is 5.03 Å². The van der Waals surface area contributed by atoms with Gasteiger partial charge < -0.3 is 4.57 Å². The number of aryl methyl sites for hydroxylation is 2. The molecular weight excluding hydrogens is 296 g/mol. The van der Waals surface area contributed by atoms with E-state index in [1.54, 1.807) is 11.6 Å². The lowest BCUT2D eigenvalue weighted by Crippen LogP contribution is -2.30. The largest absolute Gasteiger partial charge is 0.339 e. The van der Waals surface area contributed by atoms with Crippen LogP contribution in [0.25, 0.3) is 0 Å². The summed E-state index contributed by atoms with van der Waals surface area (Å²) >= 11 is 1.52. The molecule has 1 saturated heterocycles. The SMILES string of the molecule is Cc1csc(C2CCCN2S(=O)(=O)c2cn(C)cn2)n1. The highest BCUT2D eigenvalue weighted by Gasteiger charge is 2.38. The predicted octanol–water partition coefficient (Wildman–Crippen LogP) is 1.71. The average Bonchev–Trinajstić information content (AvgIpc) is 3.07. The van der Waals surface area contributed by atoms with Crippen LogP contribution in [0.1, 0.15) is 29.6 Å². The maximum Gasteiger partial charge on any atom is 0.262 e. The molecule has 0 bridgehead atoms. The van der Waals surface area contributed by atoms with Gasteiger partial charge in [-0.1, -0.05) is 0 Å². The van der Waals surface area contributed by atoms with E-state index in [1.807, 2.05) is 12.3 Å². The zero-order valence-electron chi connectivity index (χ0n) is 11.4. The summed E-state index contributed by atoms with van der Waals surface area (Å²) in [5.74, 6) is 0. The van der Waals surface area contributed by atoms with Gasteiger partial charge in [0.1, 0.15) is 5.01 Å². The van der Waals surface area contributed by atoms with Crippen molar-refractivity contribution in [1.82, 2.24) is 18.8 Å². The zero-order valence-corrected chi connectivity index (χ0v) is 13.0.